The van der Waals surface area contributed by atoms with Crippen LogP contribution < -0.4 is 0 Å². The summed E-state index contributed by atoms with van der Waals surface area (Å²) >= 11 is 0. The maximum Gasteiger partial charge on any atom is 0.126 e. The molecule has 2 bridgehead atoms. The van der Waals surface area contributed by atoms with Gasteiger partial charge in [-0.1, -0.05) is 25.1 Å². The molecule has 2 unspecified atom stereocenters. The van der Waals surface area contributed by atoms with Crippen molar-refractivity contribution in [3.63, 3.8) is 0 Å². The van der Waals surface area contributed by atoms with Crippen LogP contribution in [-0.4, -0.2) is 0 Å². The molecule has 1 heteroatoms. The first-order valence-corrected chi connectivity index (χ1v) is 5.92. The molecule has 3 atom stereocenters. The smallest absolute Gasteiger partial charge is 0.126 e. The Morgan fingerprint density at radius 1 is 1.27 bits per heavy atom. The summed E-state index contributed by atoms with van der Waals surface area (Å²) < 4.78 is 13.7. The lowest BCUT2D eigenvalue weighted by Gasteiger charge is -2.27. The van der Waals surface area contributed by atoms with Gasteiger partial charge in [0, 0.05) is 0 Å². The molecule has 2 aliphatic carbocycles. The third-order valence-electron chi connectivity index (χ3n) is 4.46. The van der Waals surface area contributed by atoms with Gasteiger partial charge >= 0.3 is 0 Å². The van der Waals surface area contributed by atoms with Crippen LogP contribution in [0.5, 0.6) is 0 Å². The first kappa shape index (κ1) is 9.38. The standard InChI is InChI=1S/C14H17F/c1-14-7-6-10(8-14)12(9-14)11-4-2-3-5-13(11)15/h2-5,10,12H,6-9H2,1H3/t10?,12-,14?/m0/s1. The van der Waals surface area contributed by atoms with E-state index in [1.807, 2.05) is 12.1 Å². The normalized spacial score (nSPS) is 38.5. The van der Waals surface area contributed by atoms with Crippen molar-refractivity contribution >= 4 is 0 Å². The molecule has 0 aromatic heterocycles. The fraction of sp³-hybridized carbons (Fsp3) is 0.571. The van der Waals surface area contributed by atoms with E-state index in [1.54, 1.807) is 12.1 Å². The Morgan fingerprint density at radius 3 is 2.67 bits per heavy atom. The van der Waals surface area contributed by atoms with Gasteiger partial charge < -0.3 is 0 Å². The summed E-state index contributed by atoms with van der Waals surface area (Å²) in [5.74, 6) is 1.23. The van der Waals surface area contributed by atoms with Gasteiger partial charge in [-0.2, -0.15) is 0 Å². The predicted molar refractivity (Wildman–Crippen MR) is 59.2 cm³/mol. The van der Waals surface area contributed by atoms with Gasteiger partial charge in [0.25, 0.3) is 0 Å². The molecule has 2 fully saturated rings. The first-order chi connectivity index (χ1) is 7.18. The second-order valence-corrected chi connectivity index (χ2v) is 5.65. The highest BCUT2D eigenvalue weighted by atomic mass is 19.1. The summed E-state index contributed by atoms with van der Waals surface area (Å²) in [5, 5.41) is 0. The highest BCUT2D eigenvalue weighted by Crippen LogP contribution is 2.60. The van der Waals surface area contributed by atoms with Gasteiger partial charge in [-0.15, -0.1) is 0 Å². The highest BCUT2D eigenvalue weighted by Gasteiger charge is 2.48. The quantitative estimate of drug-likeness (QED) is 0.645. The summed E-state index contributed by atoms with van der Waals surface area (Å²) in [7, 11) is 0. The van der Waals surface area contributed by atoms with Crippen molar-refractivity contribution in [1.29, 1.82) is 0 Å². The SMILES string of the molecule is CC12CCC(C1)[C@@H](c1ccccc1F)C2. The summed E-state index contributed by atoms with van der Waals surface area (Å²) in [6.07, 6.45) is 5.16. The molecule has 0 heterocycles. The number of hydrogen-bond donors (Lipinski definition) is 0. The molecule has 0 spiro atoms. The van der Waals surface area contributed by atoms with E-state index < -0.39 is 0 Å². The predicted octanol–water partition coefficient (Wildman–Crippen LogP) is 4.12. The van der Waals surface area contributed by atoms with E-state index in [0.29, 0.717) is 11.3 Å². The van der Waals surface area contributed by atoms with Crippen molar-refractivity contribution in [2.75, 3.05) is 0 Å². The van der Waals surface area contributed by atoms with Crippen LogP contribution in [0.25, 0.3) is 0 Å². The Morgan fingerprint density at radius 2 is 2.07 bits per heavy atom. The Balaban J connectivity index is 1.94. The van der Waals surface area contributed by atoms with Gasteiger partial charge in [0.05, 0.1) is 0 Å². The zero-order valence-electron chi connectivity index (χ0n) is 9.17. The minimum absolute atomic E-state index is 0.00125. The molecule has 0 aliphatic heterocycles. The minimum Gasteiger partial charge on any atom is -0.207 e. The fourth-order valence-corrected chi connectivity index (χ4v) is 3.74. The lowest BCUT2D eigenvalue weighted by atomic mass is 9.78. The molecule has 0 amide bonds. The van der Waals surface area contributed by atoms with E-state index in [0.717, 1.165) is 11.5 Å². The topological polar surface area (TPSA) is 0 Å². The van der Waals surface area contributed by atoms with Gasteiger partial charge in [-0.3, -0.25) is 0 Å². The van der Waals surface area contributed by atoms with Crippen LogP contribution in [0.15, 0.2) is 24.3 Å². The second kappa shape index (κ2) is 3.07. The van der Waals surface area contributed by atoms with Gasteiger partial charge in [0.2, 0.25) is 0 Å². The highest BCUT2D eigenvalue weighted by molar-refractivity contribution is 5.25. The maximum absolute atomic E-state index is 13.7. The molecule has 0 saturated heterocycles. The van der Waals surface area contributed by atoms with Crippen molar-refractivity contribution in [3.05, 3.63) is 35.6 Å². The molecular weight excluding hydrogens is 187 g/mol. The van der Waals surface area contributed by atoms with Crippen molar-refractivity contribution in [1.82, 2.24) is 0 Å². The minimum atomic E-state index is -0.00125. The zero-order valence-corrected chi connectivity index (χ0v) is 9.17. The molecule has 0 radical (unpaired) electrons. The van der Waals surface area contributed by atoms with Gasteiger partial charge in [0.15, 0.2) is 0 Å². The molecule has 3 rings (SSSR count). The number of benzene rings is 1. The number of rotatable bonds is 1. The first-order valence-electron chi connectivity index (χ1n) is 5.92. The van der Waals surface area contributed by atoms with Crippen LogP contribution >= 0.6 is 0 Å². The molecule has 2 aliphatic rings. The van der Waals surface area contributed by atoms with Crippen molar-refractivity contribution < 1.29 is 4.39 Å². The van der Waals surface area contributed by atoms with E-state index in [2.05, 4.69) is 6.92 Å². The summed E-state index contributed by atoms with van der Waals surface area (Å²) in [4.78, 5) is 0. The van der Waals surface area contributed by atoms with Crippen LogP contribution in [0, 0.1) is 17.2 Å². The average molecular weight is 204 g/mol. The fourth-order valence-electron chi connectivity index (χ4n) is 3.74. The van der Waals surface area contributed by atoms with Crippen LogP contribution in [0.3, 0.4) is 0 Å². The summed E-state index contributed by atoms with van der Waals surface area (Å²) in [6, 6.07) is 7.33. The van der Waals surface area contributed by atoms with Crippen LogP contribution in [0.1, 0.15) is 44.1 Å². The van der Waals surface area contributed by atoms with Crippen LogP contribution in [0.4, 0.5) is 4.39 Å². The van der Waals surface area contributed by atoms with Crippen LogP contribution in [-0.2, 0) is 0 Å². The Hall–Kier alpha value is -0.850. The van der Waals surface area contributed by atoms with Gasteiger partial charge in [-0.05, 0) is 54.6 Å². The molecule has 2 saturated carbocycles. The molecule has 0 nitrogen and oxygen atoms in total. The molecule has 15 heavy (non-hydrogen) atoms. The van der Waals surface area contributed by atoms with E-state index >= 15 is 0 Å². The largest absolute Gasteiger partial charge is 0.207 e. The number of hydrogen-bond acceptors (Lipinski definition) is 0. The Bertz CT molecular complexity index is 385. The molecule has 0 N–H and O–H groups in total. The third kappa shape index (κ3) is 1.40. The molecular formula is C14H17F. The number of fused-ring (bicyclic) bond motifs is 2. The van der Waals surface area contributed by atoms with E-state index in [9.17, 15) is 4.39 Å². The van der Waals surface area contributed by atoms with Crippen molar-refractivity contribution in [2.45, 2.75) is 38.5 Å². The molecule has 80 valence electrons. The summed E-state index contributed by atoms with van der Waals surface area (Å²) in [6.45, 7) is 2.37. The maximum atomic E-state index is 13.7. The van der Waals surface area contributed by atoms with E-state index in [-0.39, 0.29) is 5.82 Å². The Labute approximate surface area is 90.5 Å². The monoisotopic (exact) mass is 204 g/mol. The summed E-state index contributed by atoms with van der Waals surface area (Å²) in [5.41, 5.74) is 1.48. The lowest BCUT2D eigenvalue weighted by Crippen LogP contribution is -2.14. The van der Waals surface area contributed by atoms with Gasteiger partial charge in [0.1, 0.15) is 5.82 Å². The lowest BCUT2D eigenvalue weighted by molar-refractivity contribution is 0.308. The van der Waals surface area contributed by atoms with Gasteiger partial charge in [-0.25, -0.2) is 4.39 Å². The van der Waals surface area contributed by atoms with E-state index in [4.69, 9.17) is 0 Å². The average Bonchev–Trinajstić information content (AvgIpc) is 2.73. The second-order valence-electron chi connectivity index (χ2n) is 5.65. The number of halogens is 1. The third-order valence-corrected chi connectivity index (χ3v) is 4.46. The van der Waals surface area contributed by atoms with Crippen LogP contribution in [0.2, 0.25) is 0 Å². The van der Waals surface area contributed by atoms with Crippen molar-refractivity contribution in [2.24, 2.45) is 11.3 Å². The van der Waals surface area contributed by atoms with Crippen molar-refractivity contribution in [3.8, 4) is 0 Å². The molecule has 1 aromatic rings. The zero-order chi connectivity index (χ0) is 10.5. The Kier molecular flexibility index (Phi) is 1.92. The molecule has 1 aromatic carbocycles. The van der Waals surface area contributed by atoms with E-state index in [1.165, 1.54) is 25.7 Å².